The van der Waals surface area contributed by atoms with Gasteiger partial charge in [0.25, 0.3) is 0 Å². The molecule has 4 rings (SSSR count). The van der Waals surface area contributed by atoms with Crippen molar-refractivity contribution in [1.29, 1.82) is 0 Å². The Morgan fingerprint density at radius 2 is 1.76 bits per heavy atom. The highest BCUT2D eigenvalue weighted by atomic mass is 16.5. The molecule has 2 fully saturated rings. The maximum absolute atomic E-state index is 11.2. The van der Waals surface area contributed by atoms with E-state index in [2.05, 4.69) is 34.5 Å². The summed E-state index contributed by atoms with van der Waals surface area (Å²) in [5, 5.41) is 2.90. The van der Waals surface area contributed by atoms with Gasteiger partial charge in [-0.15, -0.1) is 0 Å². The van der Waals surface area contributed by atoms with E-state index in [1.54, 1.807) is 0 Å². The number of amides is 1. The standard InChI is InChI=1S/C24H30N2O3/c1-17(25-18(2)27)20-5-9-23(10-6-20)29-24-13-14-26(15-24)21-7-11-22(12-8-21)28-16-19-3-4-19/h5-12,17,19,24H,3-4,13-16H2,1-2H3,(H,25,27)/t17-,24+/m0/s1. The van der Waals surface area contributed by atoms with Gasteiger partial charge in [0.2, 0.25) is 5.91 Å². The van der Waals surface area contributed by atoms with Crippen molar-refractivity contribution in [3.63, 3.8) is 0 Å². The van der Waals surface area contributed by atoms with E-state index in [1.807, 2.05) is 31.2 Å². The zero-order chi connectivity index (χ0) is 20.2. The number of nitrogens with zero attached hydrogens (tertiary/aromatic N) is 1. The Morgan fingerprint density at radius 3 is 2.41 bits per heavy atom. The highest BCUT2D eigenvalue weighted by molar-refractivity contribution is 5.73. The number of rotatable bonds is 8. The van der Waals surface area contributed by atoms with Crippen molar-refractivity contribution in [2.24, 2.45) is 5.92 Å². The summed E-state index contributed by atoms with van der Waals surface area (Å²) in [6, 6.07) is 16.4. The van der Waals surface area contributed by atoms with Crippen LogP contribution < -0.4 is 19.7 Å². The third kappa shape index (κ3) is 5.43. The van der Waals surface area contributed by atoms with Gasteiger partial charge in [0.15, 0.2) is 0 Å². The van der Waals surface area contributed by atoms with Crippen molar-refractivity contribution in [2.75, 3.05) is 24.6 Å². The third-order valence-corrected chi connectivity index (χ3v) is 5.63. The van der Waals surface area contributed by atoms with Crippen LogP contribution in [0.2, 0.25) is 0 Å². The van der Waals surface area contributed by atoms with E-state index in [1.165, 1.54) is 25.5 Å². The summed E-state index contributed by atoms with van der Waals surface area (Å²) in [6.07, 6.45) is 3.80. The van der Waals surface area contributed by atoms with Gasteiger partial charge >= 0.3 is 0 Å². The first-order valence-corrected chi connectivity index (χ1v) is 10.6. The van der Waals surface area contributed by atoms with Gasteiger partial charge in [-0.1, -0.05) is 12.1 Å². The van der Waals surface area contributed by atoms with E-state index in [9.17, 15) is 4.79 Å². The molecule has 0 radical (unpaired) electrons. The van der Waals surface area contributed by atoms with Crippen LogP contribution in [0.15, 0.2) is 48.5 Å². The molecule has 0 bridgehead atoms. The van der Waals surface area contributed by atoms with Crippen LogP contribution >= 0.6 is 0 Å². The molecule has 5 nitrogen and oxygen atoms in total. The van der Waals surface area contributed by atoms with Gasteiger partial charge in [0.05, 0.1) is 19.2 Å². The molecule has 1 saturated carbocycles. The number of anilines is 1. The Labute approximate surface area is 173 Å². The molecular weight excluding hydrogens is 364 g/mol. The summed E-state index contributed by atoms with van der Waals surface area (Å²) in [7, 11) is 0. The second kappa shape index (κ2) is 8.76. The van der Waals surface area contributed by atoms with Crippen LogP contribution in [0.4, 0.5) is 5.69 Å². The number of ether oxygens (including phenoxy) is 2. The molecule has 5 heteroatoms. The minimum atomic E-state index is -0.0219. The molecule has 154 valence electrons. The number of hydrogen-bond acceptors (Lipinski definition) is 4. The lowest BCUT2D eigenvalue weighted by Crippen LogP contribution is -2.24. The van der Waals surface area contributed by atoms with Crippen LogP contribution in [0, 0.1) is 5.92 Å². The Hall–Kier alpha value is -2.69. The van der Waals surface area contributed by atoms with Crippen LogP contribution in [0.5, 0.6) is 11.5 Å². The smallest absolute Gasteiger partial charge is 0.217 e. The molecule has 1 heterocycles. The maximum atomic E-state index is 11.2. The molecule has 1 aliphatic heterocycles. The molecule has 0 spiro atoms. The Kier molecular flexibility index (Phi) is 5.93. The second-order valence-corrected chi connectivity index (χ2v) is 8.21. The zero-order valence-corrected chi connectivity index (χ0v) is 17.3. The molecule has 0 unspecified atom stereocenters. The van der Waals surface area contributed by atoms with E-state index in [-0.39, 0.29) is 18.1 Å². The van der Waals surface area contributed by atoms with Crippen molar-refractivity contribution >= 4 is 11.6 Å². The first-order valence-electron chi connectivity index (χ1n) is 10.6. The van der Waals surface area contributed by atoms with Crippen molar-refractivity contribution in [2.45, 2.75) is 45.3 Å². The molecule has 1 saturated heterocycles. The predicted molar refractivity (Wildman–Crippen MR) is 115 cm³/mol. The maximum Gasteiger partial charge on any atom is 0.217 e. The van der Waals surface area contributed by atoms with Crippen LogP contribution in [0.1, 0.15) is 44.7 Å². The molecule has 2 aromatic rings. The first-order chi connectivity index (χ1) is 14.1. The number of carbonyl (C=O) groups excluding carboxylic acids is 1. The molecule has 29 heavy (non-hydrogen) atoms. The number of benzene rings is 2. The molecule has 1 amide bonds. The average Bonchev–Trinajstić information content (AvgIpc) is 3.44. The fourth-order valence-electron chi connectivity index (χ4n) is 3.73. The normalized spacial score (nSPS) is 19.7. The zero-order valence-electron chi connectivity index (χ0n) is 17.3. The predicted octanol–water partition coefficient (Wildman–Crippen LogP) is 4.33. The van der Waals surface area contributed by atoms with E-state index in [4.69, 9.17) is 9.47 Å². The van der Waals surface area contributed by atoms with Gasteiger partial charge < -0.3 is 19.7 Å². The van der Waals surface area contributed by atoms with Crippen molar-refractivity contribution in [3.8, 4) is 11.5 Å². The van der Waals surface area contributed by atoms with Crippen molar-refractivity contribution < 1.29 is 14.3 Å². The Morgan fingerprint density at radius 1 is 1.07 bits per heavy atom. The lowest BCUT2D eigenvalue weighted by Gasteiger charge is -2.20. The number of carbonyl (C=O) groups is 1. The summed E-state index contributed by atoms with van der Waals surface area (Å²) in [6.45, 7) is 6.24. The molecular formula is C24H30N2O3. The van der Waals surface area contributed by atoms with Crippen LogP contribution in [-0.4, -0.2) is 31.7 Å². The largest absolute Gasteiger partial charge is 0.493 e. The van der Waals surface area contributed by atoms with Crippen LogP contribution in [0.25, 0.3) is 0 Å². The topological polar surface area (TPSA) is 50.8 Å². The van der Waals surface area contributed by atoms with E-state index in [0.717, 1.165) is 49.1 Å². The van der Waals surface area contributed by atoms with Crippen LogP contribution in [0.3, 0.4) is 0 Å². The van der Waals surface area contributed by atoms with Crippen molar-refractivity contribution in [3.05, 3.63) is 54.1 Å². The molecule has 0 aromatic heterocycles. The fraction of sp³-hybridized carbons (Fsp3) is 0.458. The fourth-order valence-corrected chi connectivity index (χ4v) is 3.73. The van der Waals surface area contributed by atoms with E-state index >= 15 is 0 Å². The Bertz CT molecular complexity index is 815. The minimum Gasteiger partial charge on any atom is -0.493 e. The summed E-state index contributed by atoms with van der Waals surface area (Å²) in [4.78, 5) is 13.6. The summed E-state index contributed by atoms with van der Waals surface area (Å²) in [5.74, 6) is 2.58. The monoisotopic (exact) mass is 394 g/mol. The molecule has 2 aliphatic rings. The number of nitrogens with one attached hydrogen (secondary N) is 1. The lowest BCUT2D eigenvalue weighted by atomic mass is 10.1. The summed E-state index contributed by atoms with van der Waals surface area (Å²) < 4.78 is 12.0. The summed E-state index contributed by atoms with van der Waals surface area (Å²) >= 11 is 0. The van der Waals surface area contributed by atoms with Gasteiger partial charge in [-0.25, -0.2) is 0 Å². The quantitative estimate of drug-likeness (QED) is 0.724. The molecule has 2 aromatic carbocycles. The molecule has 2 atom stereocenters. The highest BCUT2D eigenvalue weighted by Gasteiger charge is 2.25. The second-order valence-electron chi connectivity index (χ2n) is 8.21. The van der Waals surface area contributed by atoms with Crippen molar-refractivity contribution in [1.82, 2.24) is 5.32 Å². The average molecular weight is 395 g/mol. The highest BCUT2D eigenvalue weighted by Crippen LogP contribution is 2.30. The molecule has 1 aliphatic carbocycles. The van der Waals surface area contributed by atoms with E-state index in [0.29, 0.717) is 0 Å². The SMILES string of the molecule is CC(=O)N[C@@H](C)c1ccc(O[C@@H]2CCN(c3ccc(OCC4CC4)cc3)C2)cc1. The van der Waals surface area contributed by atoms with E-state index < -0.39 is 0 Å². The van der Waals surface area contributed by atoms with Gasteiger partial charge in [-0.3, -0.25) is 4.79 Å². The summed E-state index contributed by atoms with van der Waals surface area (Å²) in [5.41, 5.74) is 2.29. The van der Waals surface area contributed by atoms with Gasteiger partial charge in [-0.2, -0.15) is 0 Å². The van der Waals surface area contributed by atoms with Gasteiger partial charge in [0, 0.05) is 25.6 Å². The Balaban J connectivity index is 1.27. The lowest BCUT2D eigenvalue weighted by molar-refractivity contribution is -0.119. The minimum absolute atomic E-state index is 0.000233. The number of hydrogen-bond donors (Lipinski definition) is 1. The third-order valence-electron chi connectivity index (χ3n) is 5.63. The van der Waals surface area contributed by atoms with Crippen LogP contribution in [-0.2, 0) is 4.79 Å². The first kappa shape index (κ1) is 19.6. The van der Waals surface area contributed by atoms with Gasteiger partial charge in [0.1, 0.15) is 17.6 Å². The molecule has 1 N–H and O–H groups in total. The van der Waals surface area contributed by atoms with Gasteiger partial charge in [-0.05, 0) is 67.6 Å².